The molecule has 17 heavy (non-hydrogen) atoms. The second-order valence-corrected chi connectivity index (χ2v) is 3.95. The van der Waals surface area contributed by atoms with E-state index in [1.807, 2.05) is 25.1 Å². The van der Waals surface area contributed by atoms with E-state index < -0.39 is 5.97 Å². The Kier molecular flexibility index (Phi) is 3.00. The molecule has 0 aliphatic carbocycles. The zero-order valence-electron chi connectivity index (χ0n) is 9.86. The van der Waals surface area contributed by atoms with Crippen molar-refractivity contribution in [2.45, 2.75) is 20.3 Å². The van der Waals surface area contributed by atoms with Crippen LogP contribution in [-0.2, 0) is 6.42 Å². The summed E-state index contributed by atoms with van der Waals surface area (Å²) < 4.78 is 5.63. The normalized spacial score (nSPS) is 10.5. The van der Waals surface area contributed by atoms with Gasteiger partial charge in [-0.1, -0.05) is 13.0 Å². The monoisotopic (exact) mass is 230 g/mol. The lowest BCUT2D eigenvalue weighted by molar-refractivity contribution is 0.0696. The molecular formula is C14H14O3. The number of furan rings is 1. The van der Waals surface area contributed by atoms with Gasteiger partial charge in [0.2, 0.25) is 0 Å². The quantitative estimate of drug-likeness (QED) is 0.877. The summed E-state index contributed by atoms with van der Waals surface area (Å²) in [6.45, 7) is 3.82. The molecule has 1 aromatic carbocycles. The van der Waals surface area contributed by atoms with Gasteiger partial charge in [-0.3, -0.25) is 0 Å². The van der Waals surface area contributed by atoms with Crippen molar-refractivity contribution in [3.05, 3.63) is 47.2 Å². The number of carboxylic acids is 1. The highest BCUT2D eigenvalue weighted by Crippen LogP contribution is 2.24. The van der Waals surface area contributed by atoms with Crippen molar-refractivity contribution in [2.75, 3.05) is 0 Å². The maximum absolute atomic E-state index is 10.9. The van der Waals surface area contributed by atoms with Gasteiger partial charge in [0.15, 0.2) is 0 Å². The summed E-state index contributed by atoms with van der Waals surface area (Å²) in [5.41, 5.74) is 1.98. The molecule has 2 rings (SSSR count). The molecule has 1 heterocycles. The van der Waals surface area contributed by atoms with Crippen LogP contribution >= 0.6 is 0 Å². The van der Waals surface area contributed by atoms with E-state index in [1.54, 1.807) is 19.1 Å². The fourth-order valence-electron chi connectivity index (χ4n) is 1.78. The van der Waals surface area contributed by atoms with Crippen molar-refractivity contribution in [3.63, 3.8) is 0 Å². The van der Waals surface area contributed by atoms with Crippen LogP contribution in [0.5, 0.6) is 0 Å². The second kappa shape index (κ2) is 4.45. The largest absolute Gasteiger partial charge is 0.478 e. The van der Waals surface area contributed by atoms with E-state index >= 15 is 0 Å². The first kappa shape index (κ1) is 11.5. The van der Waals surface area contributed by atoms with Crippen LogP contribution in [0.25, 0.3) is 11.3 Å². The van der Waals surface area contributed by atoms with Crippen molar-refractivity contribution >= 4 is 5.97 Å². The summed E-state index contributed by atoms with van der Waals surface area (Å²) in [7, 11) is 0. The van der Waals surface area contributed by atoms with E-state index in [4.69, 9.17) is 9.52 Å². The zero-order chi connectivity index (χ0) is 12.4. The predicted octanol–water partition coefficient (Wildman–Crippen LogP) is 3.52. The van der Waals surface area contributed by atoms with Crippen LogP contribution in [0, 0.1) is 6.92 Å². The Bertz CT molecular complexity index is 552. The Morgan fingerprint density at radius 3 is 2.59 bits per heavy atom. The van der Waals surface area contributed by atoms with Crippen molar-refractivity contribution in [3.8, 4) is 11.3 Å². The molecule has 0 aliphatic rings. The molecule has 0 bridgehead atoms. The third-order valence-corrected chi connectivity index (χ3v) is 2.75. The van der Waals surface area contributed by atoms with Gasteiger partial charge in [0, 0.05) is 12.0 Å². The summed E-state index contributed by atoms with van der Waals surface area (Å²) in [5.74, 6) is 0.810. The van der Waals surface area contributed by atoms with Gasteiger partial charge in [0.05, 0.1) is 5.56 Å². The number of carboxylic acid groups (broad SMARTS) is 1. The average molecular weight is 230 g/mol. The molecule has 0 saturated carbocycles. The third kappa shape index (κ3) is 2.23. The minimum absolute atomic E-state index is 0.330. The Balaban J connectivity index is 2.40. The van der Waals surface area contributed by atoms with Crippen LogP contribution in [0.3, 0.4) is 0 Å². The highest BCUT2D eigenvalue weighted by Gasteiger charge is 2.09. The van der Waals surface area contributed by atoms with E-state index in [1.165, 1.54) is 0 Å². The van der Waals surface area contributed by atoms with E-state index in [9.17, 15) is 4.79 Å². The van der Waals surface area contributed by atoms with Crippen molar-refractivity contribution in [1.29, 1.82) is 0 Å². The molecule has 0 spiro atoms. The first-order valence-corrected chi connectivity index (χ1v) is 5.55. The minimum Gasteiger partial charge on any atom is -0.478 e. The van der Waals surface area contributed by atoms with Crippen molar-refractivity contribution in [1.82, 2.24) is 0 Å². The lowest BCUT2D eigenvalue weighted by Crippen LogP contribution is -1.99. The maximum atomic E-state index is 10.9. The molecule has 1 aromatic heterocycles. The molecule has 0 saturated heterocycles. The van der Waals surface area contributed by atoms with Gasteiger partial charge in [-0.25, -0.2) is 4.79 Å². The Labute approximate surface area is 99.7 Å². The number of rotatable bonds is 3. The Morgan fingerprint density at radius 2 is 2.06 bits per heavy atom. The number of hydrogen-bond acceptors (Lipinski definition) is 2. The number of benzene rings is 1. The average Bonchev–Trinajstić information content (AvgIpc) is 2.76. The molecule has 0 aliphatic heterocycles. The second-order valence-electron chi connectivity index (χ2n) is 3.95. The van der Waals surface area contributed by atoms with Gasteiger partial charge >= 0.3 is 5.97 Å². The van der Waals surface area contributed by atoms with Gasteiger partial charge in [-0.2, -0.15) is 0 Å². The topological polar surface area (TPSA) is 50.4 Å². The SMILES string of the molecule is CCc1ccc(-c2ccc(C(=O)O)c(C)c2)o1. The van der Waals surface area contributed by atoms with Gasteiger partial charge in [-0.05, 0) is 36.8 Å². The minimum atomic E-state index is -0.900. The molecule has 0 atom stereocenters. The van der Waals surface area contributed by atoms with E-state index in [0.29, 0.717) is 5.56 Å². The van der Waals surface area contributed by atoms with E-state index in [0.717, 1.165) is 29.1 Å². The first-order valence-electron chi connectivity index (χ1n) is 5.55. The summed E-state index contributed by atoms with van der Waals surface area (Å²) in [4.78, 5) is 10.9. The molecule has 88 valence electrons. The van der Waals surface area contributed by atoms with Crippen molar-refractivity contribution < 1.29 is 14.3 Å². The lowest BCUT2D eigenvalue weighted by atomic mass is 10.0. The maximum Gasteiger partial charge on any atom is 0.335 e. The summed E-state index contributed by atoms with van der Waals surface area (Å²) in [6, 6.07) is 9.07. The summed E-state index contributed by atoms with van der Waals surface area (Å²) >= 11 is 0. The molecule has 0 radical (unpaired) electrons. The molecule has 2 aromatic rings. The van der Waals surface area contributed by atoms with Crippen LogP contribution in [0.4, 0.5) is 0 Å². The molecule has 1 N–H and O–H groups in total. The van der Waals surface area contributed by atoms with Gasteiger partial charge < -0.3 is 9.52 Å². The molecule has 0 fully saturated rings. The highest BCUT2D eigenvalue weighted by molar-refractivity contribution is 5.90. The smallest absolute Gasteiger partial charge is 0.335 e. The van der Waals surface area contributed by atoms with Crippen LogP contribution < -0.4 is 0 Å². The fourth-order valence-corrected chi connectivity index (χ4v) is 1.78. The van der Waals surface area contributed by atoms with Crippen LogP contribution in [0.1, 0.15) is 28.6 Å². The van der Waals surface area contributed by atoms with Gasteiger partial charge in [0.25, 0.3) is 0 Å². The van der Waals surface area contributed by atoms with Crippen LogP contribution in [-0.4, -0.2) is 11.1 Å². The molecule has 3 heteroatoms. The van der Waals surface area contributed by atoms with Crippen LogP contribution in [0.15, 0.2) is 34.7 Å². The first-order chi connectivity index (χ1) is 8.11. The Morgan fingerprint density at radius 1 is 1.29 bits per heavy atom. The predicted molar refractivity (Wildman–Crippen MR) is 65.2 cm³/mol. The third-order valence-electron chi connectivity index (χ3n) is 2.75. The standard InChI is InChI=1S/C14H14O3/c1-3-11-5-7-13(17-11)10-4-6-12(14(15)16)9(2)8-10/h4-8H,3H2,1-2H3,(H,15,16). The summed E-state index contributed by atoms with van der Waals surface area (Å²) in [5, 5.41) is 8.95. The number of aryl methyl sites for hydroxylation is 2. The van der Waals surface area contributed by atoms with E-state index in [2.05, 4.69) is 0 Å². The van der Waals surface area contributed by atoms with Crippen LogP contribution in [0.2, 0.25) is 0 Å². The number of hydrogen-bond donors (Lipinski definition) is 1. The number of carbonyl (C=O) groups is 1. The lowest BCUT2D eigenvalue weighted by Gasteiger charge is -2.03. The molecule has 0 amide bonds. The molecule has 3 nitrogen and oxygen atoms in total. The molecular weight excluding hydrogens is 216 g/mol. The molecule has 0 unspecified atom stereocenters. The van der Waals surface area contributed by atoms with Gasteiger partial charge in [0.1, 0.15) is 11.5 Å². The fraction of sp³-hybridized carbons (Fsp3) is 0.214. The number of aromatic carboxylic acids is 1. The van der Waals surface area contributed by atoms with Crippen molar-refractivity contribution in [2.24, 2.45) is 0 Å². The van der Waals surface area contributed by atoms with Gasteiger partial charge in [-0.15, -0.1) is 0 Å². The van der Waals surface area contributed by atoms with E-state index in [-0.39, 0.29) is 0 Å². The highest BCUT2D eigenvalue weighted by atomic mass is 16.4. The summed E-state index contributed by atoms with van der Waals surface area (Å²) in [6.07, 6.45) is 0.853. The Hall–Kier alpha value is -2.03. The zero-order valence-corrected chi connectivity index (χ0v) is 9.86.